The van der Waals surface area contributed by atoms with Crippen LogP contribution in [0.2, 0.25) is 0 Å². The first kappa shape index (κ1) is 44.7. The van der Waals surface area contributed by atoms with E-state index in [1.54, 1.807) is 6.08 Å². The van der Waals surface area contributed by atoms with Gasteiger partial charge in [-0.15, -0.1) is 0 Å². The molecule has 0 aromatic rings. The summed E-state index contributed by atoms with van der Waals surface area (Å²) in [5.74, 6) is -0.189. The fourth-order valence-corrected chi connectivity index (χ4v) is 6.03. The molecular weight excluding hydrogens is 610 g/mol. The molecule has 7 atom stereocenters. The predicted octanol–water partition coefficient (Wildman–Crippen LogP) is 6.77. The second kappa shape index (κ2) is 30.5. The van der Waals surface area contributed by atoms with Crippen LogP contribution in [0.5, 0.6) is 0 Å². The van der Waals surface area contributed by atoms with Gasteiger partial charge < -0.3 is 40.3 Å². The number of carbonyl (C=O) groups is 1. The van der Waals surface area contributed by atoms with E-state index in [9.17, 15) is 30.3 Å². The number of hydrogen-bond donors (Lipinski definition) is 6. The zero-order chi connectivity index (χ0) is 35.2. The first-order valence-electron chi connectivity index (χ1n) is 19.6. The van der Waals surface area contributed by atoms with E-state index in [4.69, 9.17) is 9.47 Å². The molecule has 1 aliphatic heterocycles. The summed E-state index contributed by atoms with van der Waals surface area (Å²) >= 11 is 0. The highest BCUT2D eigenvalue weighted by Crippen LogP contribution is 2.22. The highest BCUT2D eigenvalue weighted by molar-refractivity contribution is 5.76. The van der Waals surface area contributed by atoms with E-state index in [1.165, 1.54) is 83.5 Å². The van der Waals surface area contributed by atoms with Crippen molar-refractivity contribution in [2.45, 2.75) is 204 Å². The maximum atomic E-state index is 12.8. The van der Waals surface area contributed by atoms with Crippen LogP contribution in [0.1, 0.15) is 162 Å². The fraction of sp³-hybridized carbons (Fsp3) is 0.872. The van der Waals surface area contributed by atoms with Gasteiger partial charge in [-0.1, -0.05) is 134 Å². The number of allylic oxidation sites excluding steroid dienone is 3. The summed E-state index contributed by atoms with van der Waals surface area (Å²) in [6.07, 6.45) is 26.4. The van der Waals surface area contributed by atoms with Crippen molar-refractivity contribution in [3.8, 4) is 0 Å². The molecule has 0 radical (unpaired) electrons. The van der Waals surface area contributed by atoms with Crippen LogP contribution in [0.25, 0.3) is 0 Å². The molecule has 0 saturated carbocycles. The minimum atomic E-state index is -1.56. The molecule has 0 aromatic heterocycles. The Bertz CT molecular complexity index is 807. The minimum absolute atomic E-state index is 0.189. The van der Waals surface area contributed by atoms with Crippen LogP contribution in [-0.2, 0) is 14.3 Å². The number of ether oxygens (including phenoxy) is 2. The quantitative estimate of drug-likeness (QED) is 0.0346. The molecule has 6 N–H and O–H groups in total. The molecule has 48 heavy (non-hydrogen) atoms. The molecule has 0 aromatic carbocycles. The molecule has 0 spiro atoms. The van der Waals surface area contributed by atoms with Gasteiger partial charge in [0.05, 0.1) is 25.4 Å². The molecule has 7 unspecified atom stereocenters. The summed E-state index contributed by atoms with van der Waals surface area (Å²) in [6, 6.07) is -0.803. The van der Waals surface area contributed by atoms with Crippen molar-refractivity contribution in [3.05, 3.63) is 24.3 Å². The summed E-state index contributed by atoms with van der Waals surface area (Å²) in [5, 5.41) is 53.9. The molecule has 9 heteroatoms. The molecule has 0 bridgehead atoms. The lowest BCUT2D eigenvalue weighted by molar-refractivity contribution is -0.302. The Morgan fingerprint density at radius 1 is 0.688 bits per heavy atom. The molecule has 0 aliphatic carbocycles. The van der Waals surface area contributed by atoms with Gasteiger partial charge in [0.15, 0.2) is 6.29 Å². The van der Waals surface area contributed by atoms with E-state index in [0.29, 0.717) is 6.42 Å². The van der Waals surface area contributed by atoms with E-state index in [2.05, 4.69) is 31.3 Å². The molecule has 1 fully saturated rings. The maximum Gasteiger partial charge on any atom is 0.220 e. The first-order valence-corrected chi connectivity index (χ1v) is 19.6. The second-order valence-corrected chi connectivity index (χ2v) is 13.7. The number of unbranched alkanes of at least 4 members (excludes halogenated alkanes) is 19. The Hall–Kier alpha value is -1.33. The van der Waals surface area contributed by atoms with E-state index in [1.807, 2.05) is 6.08 Å². The lowest BCUT2D eigenvalue weighted by Gasteiger charge is -2.40. The third-order valence-electron chi connectivity index (χ3n) is 9.27. The average Bonchev–Trinajstić information content (AvgIpc) is 3.08. The maximum absolute atomic E-state index is 12.8. The van der Waals surface area contributed by atoms with Crippen LogP contribution in [0, 0.1) is 0 Å². The van der Waals surface area contributed by atoms with Gasteiger partial charge in [-0.2, -0.15) is 0 Å². The normalized spacial score (nSPS) is 22.9. The second-order valence-electron chi connectivity index (χ2n) is 13.7. The van der Waals surface area contributed by atoms with Crippen molar-refractivity contribution in [1.29, 1.82) is 0 Å². The van der Waals surface area contributed by atoms with Crippen molar-refractivity contribution in [3.63, 3.8) is 0 Å². The van der Waals surface area contributed by atoms with Crippen molar-refractivity contribution in [2.75, 3.05) is 13.2 Å². The molecule has 1 aliphatic rings. The predicted molar refractivity (Wildman–Crippen MR) is 193 cm³/mol. The van der Waals surface area contributed by atoms with E-state index in [0.717, 1.165) is 57.8 Å². The van der Waals surface area contributed by atoms with Gasteiger partial charge in [0.2, 0.25) is 5.91 Å². The van der Waals surface area contributed by atoms with E-state index in [-0.39, 0.29) is 12.5 Å². The van der Waals surface area contributed by atoms with Gasteiger partial charge in [0.25, 0.3) is 0 Å². The Kier molecular flexibility index (Phi) is 28.4. The molecule has 282 valence electrons. The number of rotatable bonds is 31. The summed E-state index contributed by atoms with van der Waals surface area (Å²) in [7, 11) is 0. The number of nitrogens with one attached hydrogen (secondary N) is 1. The topological polar surface area (TPSA) is 149 Å². The Morgan fingerprint density at radius 2 is 1.17 bits per heavy atom. The zero-order valence-electron chi connectivity index (χ0n) is 30.5. The lowest BCUT2D eigenvalue weighted by atomic mass is 9.99. The van der Waals surface area contributed by atoms with E-state index >= 15 is 0 Å². The van der Waals surface area contributed by atoms with E-state index < -0.39 is 49.5 Å². The highest BCUT2D eigenvalue weighted by Gasteiger charge is 2.44. The summed E-state index contributed by atoms with van der Waals surface area (Å²) < 4.78 is 11.1. The third kappa shape index (κ3) is 21.7. The fourth-order valence-electron chi connectivity index (χ4n) is 6.03. The Morgan fingerprint density at radius 3 is 1.71 bits per heavy atom. The van der Waals surface area contributed by atoms with Crippen molar-refractivity contribution < 1.29 is 39.8 Å². The number of amides is 1. The molecular formula is C39H73NO8. The van der Waals surface area contributed by atoms with Crippen molar-refractivity contribution >= 4 is 5.91 Å². The Balaban J connectivity index is 2.47. The SMILES string of the molecule is CCCCCC/C=C\CCCCCCCC(=O)NC(COC1OC(CO)C(O)C(O)C1O)C(O)/C=C/CCCCCCCCCCCC. The van der Waals surface area contributed by atoms with Gasteiger partial charge in [-0.05, 0) is 44.9 Å². The zero-order valence-corrected chi connectivity index (χ0v) is 30.5. The Labute approximate surface area is 292 Å². The molecule has 9 nitrogen and oxygen atoms in total. The van der Waals surface area contributed by atoms with Gasteiger partial charge >= 0.3 is 0 Å². The summed E-state index contributed by atoms with van der Waals surface area (Å²) in [5.41, 5.74) is 0. The number of carbonyl (C=O) groups excluding carboxylic acids is 1. The van der Waals surface area contributed by atoms with Gasteiger partial charge in [-0.25, -0.2) is 0 Å². The number of aliphatic hydroxyl groups is 5. The standard InChI is InChI=1S/C39H73NO8/c1-3-5-7-9-11-13-15-17-19-21-23-25-27-29-35(43)40-32(31-47-39-38(46)37(45)36(44)34(30-41)48-39)33(42)28-26-24-22-20-18-16-14-12-10-8-6-4-2/h13,15,26,28,32-34,36-39,41-42,44-46H,3-12,14,16-25,27,29-31H2,1-2H3,(H,40,43)/b15-13-,28-26+. The highest BCUT2D eigenvalue weighted by atomic mass is 16.7. The smallest absolute Gasteiger partial charge is 0.220 e. The number of hydrogen-bond acceptors (Lipinski definition) is 8. The monoisotopic (exact) mass is 684 g/mol. The summed E-state index contributed by atoms with van der Waals surface area (Å²) in [6.45, 7) is 3.71. The number of aliphatic hydroxyl groups excluding tert-OH is 5. The molecule has 1 saturated heterocycles. The van der Waals surface area contributed by atoms with Crippen LogP contribution in [-0.4, -0.2) is 87.5 Å². The van der Waals surface area contributed by atoms with Crippen LogP contribution in [0.15, 0.2) is 24.3 Å². The van der Waals surface area contributed by atoms with Crippen LogP contribution < -0.4 is 5.32 Å². The van der Waals surface area contributed by atoms with Crippen LogP contribution >= 0.6 is 0 Å². The van der Waals surface area contributed by atoms with Gasteiger partial charge in [0.1, 0.15) is 24.4 Å². The van der Waals surface area contributed by atoms with Crippen LogP contribution in [0.4, 0.5) is 0 Å². The average molecular weight is 684 g/mol. The molecule has 1 heterocycles. The van der Waals surface area contributed by atoms with Gasteiger partial charge in [0, 0.05) is 6.42 Å². The lowest BCUT2D eigenvalue weighted by Crippen LogP contribution is -2.60. The van der Waals surface area contributed by atoms with Gasteiger partial charge in [-0.3, -0.25) is 4.79 Å². The van der Waals surface area contributed by atoms with Crippen molar-refractivity contribution in [1.82, 2.24) is 5.32 Å². The first-order chi connectivity index (χ1) is 23.3. The largest absolute Gasteiger partial charge is 0.394 e. The van der Waals surface area contributed by atoms with Crippen LogP contribution in [0.3, 0.4) is 0 Å². The third-order valence-corrected chi connectivity index (χ3v) is 9.27. The molecule has 1 rings (SSSR count). The minimum Gasteiger partial charge on any atom is -0.394 e. The van der Waals surface area contributed by atoms with Crippen molar-refractivity contribution in [2.24, 2.45) is 0 Å². The summed E-state index contributed by atoms with van der Waals surface area (Å²) in [4.78, 5) is 12.8. The molecule has 1 amide bonds.